The number of hydrogen-bond donors (Lipinski definition) is 0. The molecular weight excluding hydrogens is 247 g/mol. The predicted octanol–water partition coefficient (Wildman–Crippen LogP) is 4.39. The van der Waals surface area contributed by atoms with Crippen LogP contribution in [0.2, 0.25) is 5.02 Å². The number of alkyl halides is 1. The van der Waals surface area contributed by atoms with E-state index < -0.39 is 0 Å². The predicted molar refractivity (Wildman–Crippen MR) is 61.6 cm³/mol. The molecule has 0 saturated carbocycles. The monoisotopic (exact) mass is 254 g/mol. The second kappa shape index (κ2) is 3.69. The third-order valence-corrected chi connectivity index (χ3v) is 3.00. The molecule has 0 aliphatic rings. The summed E-state index contributed by atoms with van der Waals surface area (Å²) in [6, 6.07) is 12.2. The van der Waals surface area contributed by atoms with E-state index in [0.29, 0.717) is 0 Å². The van der Waals surface area contributed by atoms with E-state index >= 15 is 0 Å². The van der Waals surface area contributed by atoms with Gasteiger partial charge in [-0.15, -0.1) is 0 Å². The highest BCUT2D eigenvalue weighted by Crippen LogP contribution is 2.27. The van der Waals surface area contributed by atoms with E-state index in [1.807, 2.05) is 12.1 Å². The van der Waals surface area contributed by atoms with Gasteiger partial charge in [-0.2, -0.15) is 0 Å². The van der Waals surface area contributed by atoms with E-state index in [9.17, 15) is 0 Å². The summed E-state index contributed by atoms with van der Waals surface area (Å²) >= 11 is 9.57. The van der Waals surface area contributed by atoms with Gasteiger partial charge in [0.05, 0.1) is 0 Å². The van der Waals surface area contributed by atoms with Crippen molar-refractivity contribution < 1.29 is 0 Å². The maximum atomic E-state index is 6.12. The van der Waals surface area contributed by atoms with Gasteiger partial charge in [-0.25, -0.2) is 0 Å². The molecule has 2 rings (SSSR count). The van der Waals surface area contributed by atoms with Crippen LogP contribution >= 0.6 is 27.5 Å². The Bertz CT molecular complexity index is 432. The van der Waals surface area contributed by atoms with Gasteiger partial charge in [-0.3, -0.25) is 0 Å². The molecule has 0 aromatic heterocycles. The van der Waals surface area contributed by atoms with Gasteiger partial charge >= 0.3 is 0 Å². The first-order valence-electron chi connectivity index (χ1n) is 4.05. The van der Waals surface area contributed by atoms with Crippen LogP contribution in [-0.2, 0) is 5.33 Å². The molecule has 0 atom stereocenters. The van der Waals surface area contributed by atoms with Crippen LogP contribution in [0.25, 0.3) is 10.8 Å². The zero-order valence-electron chi connectivity index (χ0n) is 6.93. The van der Waals surface area contributed by atoms with Crippen LogP contribution in [0.5, 0.6) is 0 Å². The molecule has 0 nitrogen and oxygen atoms in total. The van der Waals surface area contributed by atoms with Crippen molar-refractivity contribution in [3.63, 3.8) is 0 Å². The van der Waals surface area contributed by atoms with Crippen molar-refractivity contribution in [2.24, 2.45) is 0 Å². The molecule has 2 aromatic carbocycles. The number of fused-ring (bicyclic) bond motifs is 1. The summed E-state index contributed by atoms with van der Waals surface area (Å²) < 4.78 is 0. The van der Waals surface area contributed by atoms with E-state index in [1.54, 1.807) is 0 Å². The standard InChI is InChI=1S/C11H8BrCl/c12-7-9-5-1-3-8-4-2-6-10(13)11(8)9/h1-6H,7H2. The highest BCUT2D eigenvalue weighted by Gasteiger charge is 2.02. The Kier molecular flexibility index (Phi) is 2.56. The van der Waals surface area contributed by atoms with Crippen molar-refractivity contribution >= 4 is 38.3 Å². The summed E-state index contributed by atoms with van der Waals surface area (Å²) in [7, 11) is 0. The first kappa shape index (κ1) is 9.04. The van der Waals surface area contributed by atoms with Crippen molar-refractivity contribution in [3.05, 3.63) is 47.0 Å². The van der Waals surface area contributed by atoms with Crippen LogP contribution in [0.3, 0.4) is 0 Å². The van der Waals surface area contributed by atoms with Gasteiger partial charge in [0.2, 0.25) is 0 Å². The smallest absolute Gasteiger partial charge is 0.0487 e. The first-order chi connectivity index (χ1) is 6.33. The lowest BCUT2D eigenvalue weighted by Gasteiger charge is -2.04. The molecule has 13 heavy (non-hydrogen) atoms. The molecule has 0 aliphatic heterocycles. The zero-order valence-corrected chi connectivity index (χ0v) is 9.27. The quantitative estimate of drug-likeness (QED) is 0.663. The second-order valence-electron chi connectivity index (χ2n) is 2.89. The summed E-state index contributed by atoms with van der Waals surface area (Å²) in [5.41, 5.74) is 1.24. The minimum absolute atomic E-state index is 0.826. The molecule has 0 unspecified atom stereocenters. The summed E-state index contributed by atoms with van der Waals surface area (Å²) in [4.78, 5) is 0. The van der Waals surface area contributed by atoms with E-state index in [0.717, 1.165) is 15.7 Å². The Hall–Kier alpha value is -0.530. The Balaban J connectivity index is 2.87. The van der Waals surface area contributed by atoms with Crippen molar-refractivity contribution in [1.82, 2.24) is 0 Å². The topological polar surface area (TPSA) is 0 Å². The van der Waals surface area contributed by atoms with Gasteiger partial charge in [0, 0.05) is 15.7 Å². The van der Waals surface area contributed by atoms with E-state index in [2.05, 4.69) is 40.2 Å². The van der Waals surface area contributed by atoms with Crippen LogP contribution < -0.4 is 0 Å². The number of benzene rings is 2. The fourth-order valence-corrected chi connectivity index (χ4v) is 2.25. The molecule has 0 spiro atoms. The van der Waals surface area contributed by atoms with Crippen molar-refractivity contribution in [2.45, 2.75) is 5.33 Å². The third kappa shape index (κ3) is 1.59. The lowest BCUT2D eigenvalue weighted by molar-refractivity contribution is 1.49. The highest BCUT2D eigenvalue weighted by molar-refractivity contribution is 9.08. The summed E-state index contributed by atoms with van der Waals surface area (Å²) in [6.45, 7) is 0. The normalized spacial score (nSPS) is 10.6. The third-order valence-electron chi connectivity index (χ3n) is 2.08. The average molecular weight is 256 g/mol. The number of rotatable bonds is 1. The molecule has 0 aliphatic carbocycles. The molecule has 2 aromatic rings. The molecule has 0 fully saturated rings. The molecule has 0 radical (unpaired) electrons. The molecule has 66 valence electrons. The lowest BCUT2D eigenvalue weighted by Crippen LogP contribution is -1.81. The fourth-order valence-electron chi connectivity index (χ4n) is 1.48. The Labute approximate surface area is 90.6 Å². The second-order valence-corrected chi connectivity index (χ2v) is 3.86. The average Bonchev–Trinajstić information content (AvgIpc) is 2.17. The first-order valence-corrected chi connectivity index (χ1v) is 5.55. The van der Waals surface area contributed by atoms with Gasteiger partial charge in [0.15, 0.2) is 0 Å². The maximum absolute atomic E-state index is 6.12. The number of halogens is 2. The van der Waals surface area contributed by atoms with Crippen LogP contribution in [0.15, 0.2) is 36.4 Å². The minimum Gasteiger partial charge on any atom is -0.0876 e. The van der Waals surface area contributed by atoms with Gasteiger partial charge in [-0.05, 0) is 17.0 Å². The van der Waals surface area contributed by atoms with Gasteiger partial charge < -0.3 is 0 Å². The van der Waals surface area contributed by atoms with Crippen LogP contribution in [0.1, 0.15) is 5.56 Å². The van der Waals surface area contributed by atoms with Gasteiger partial charge in [0.1, 0.15) is 0 Å². The molecular formula is C11H8BrCl. The molecule has 0 N–H and O–H groups in total. The van der Waals surface area contributed by atoms with Gasteiger partial charge in [-0.1, -0.05) is 57.9 Å². The Morgan fingerprint density at radius 1 is 1.08 bits per heavy atom. The summed E-state index contributed by atoms with van der Waals surface area (Å²) in [6.07, 6.45) is 0. The van der Waals surface area contributed by atoms with Crippen LogP contribution in [0.4, 0.5) is 0 Å². The molecule has 0 bridgehead atoms. The molecule has 0 amide bonds. The molecule has 0 saturated heterocycles. The molecule has 0 heterocycles. The summed E-state index contributed by atoms with van der Waals surface area (Å²) in [5.74, 6) is 0. The summed E-state index contributed by atoms with van der Waals surface area (Å²) in [5, 5.41) is 4.02. The fraction of sp³-hybridized carbons (Fsp3) is 0.0909. The van der Waals surface area contributed by atoms with Crippen LogP contribution in [-0.4, -0.2) is 0 Å². The lowest BCUT2D eigenvalue weighted by atomic mass is 10.1. The Morgan fingerprint density at radius 3 is 2.46 bits per heavy atom. The minimum atomic E-state index is 0.826. The maximum Gasteiger partial charge on any atom is 0.0487 e. The van der Waals surface area contributed by atoms with E-state index in [-0.39, 0.29) is 0 Å². The van der Waals surface area contributed by atoms with Crippen molar-refractivity contribution in [3.8, 4) is 0 Å². The number of hydrogen-bond acceptors (Lipinski definition) is 0. The van der Waals surface area contributed by atoms with E-state index in [1.165, 1.54) is 10.9 Å². The molecule has 2 heteroatoms. The Morgan fingerprint density at radius 2 is 1.77 bits per heavy atom. The SMILES string of the molecule is Clc1cccc2cccc(CBr)c12. The van der Waals surface area contributed by atoms with E-state index in [4.69, 9.17) is 11.6 Å². The van der Waals surface area contributed by atoms with Gasteiger partial charge in [0.25, 0.3) is 0 Å². The van der Waals surface area contributed by atoms with Crippen molar-refractivity contribution in [1.29, 1.82) is 0 Å². The van der Waals surface area contributed by atoms with Crippen LogP contribution in [0, 0.1) is 0 Å². The highest BCUT2D eigenvalue weighted by atomic mass is 79.9. The van der Waals surface area contributed by atoms with Crippen molar-refractivity contribution in [2.75, 3.05) is 0 Å². The largest absolute Gasteiger partial charge is 0.0876 e. The zero-order chi connectivity index (χ0) is 9.26.